The lowest BCUT2D eigenvalue weighted by Crippen LogP contribution is -2.17. The van der Waals surface area contributed by atoms with Crippen LogP contribution in [-0.2, 0) is 31.2 Å². The minimum Gasteiger partial charge on any atom is -0.326 e. The van der Waals surface area contributed by atoms with Gasteiger partial charge in [-0.1, -0.05) is 11.6 Å². The quantitative estimate of drug-likeness (QED) is 0.489. The number of nitrogens with one attached hydrogen (secondary N) is 1. The molecule has 0 saturated heterocycles. The molecule has 3 aromatic rings. The van der Waals surface area contributed by atoms with Crippen LogP contribution in [0.15, 0.2) is 36.7 Å². The Morgan fingerprint density at radius 2 is 2.03 bits per heavy atom. The normalized spacial score (nSPS) is 15.4. The van der Waals surface area contributed by atoms with E-state index in [0.717, 1.165) is 11.4 Å². The molecule has 1 N–H and O–H groups in total. The average molecular weight is 435 g/mol. The minimum absolute atomic E-state index is 0.0366. The highest BCUT2D eigenvalue weighted by Gasteiger charge is 2.32. The average Bonchev–Trinajstić information content (AvgIpc) is 3.21. The Morgan fingerprint density at radius 3 is 2.76 bits per heavy atom. The van der Waals surface area contributed by atoms with Crippen molar-refractivity contribution in [1.82, 2.24) is 14.1 Å². The first-order chi connectivity index (χ1) is 13.9. The van der Waals surface area contributed by atoms with Crippen LogP contribution in [0.5, 0.6) is 0 Å². The number of aromatic nitrogens is 3. The van der Waals surface area contributed by atoms with Crippen molar-refractivity contribution < 1.29 is 13.6 Å². The summed E-state index contributed by atoms with van der Waals surface area (Å²) in [6.07, 6.45) is 3.64. The molecule has 1 aromatic carbocycles. The first-order valence-corrected chi connectivity index (χ1v) is 9.76. The Hall–Kier alpha value is -2.58. The van der Waals surface area contributed by atoms with Crippen LogP contribution in [-0.4, -0.2) is 20.0 Å². The summed E-state index contributed by atoms with van der Waals surface area (Å²) in [6, 6.07) is 5.77. The molecule has 0 fully saturated rings. The van der Waals surface area contributed by atoms with Gasteiger partial charge in [-0.25, -0.2) is 8.78 Å². The Morgan fingerprint density at radius 1 is 1.31 bits per heavy atom. The van der Waals surface area contributed by atoms with Crippen LogP contribution in [0, 0.1) is 16.4 Å². The molecule has 1 unspecified atom stereocenters. The van der Waals surface area contributed by atoms with Crippen molar-refractivity contribution in [2.24, 2.45) is 7.05 Å². The van der Waals surface area contributed by atoms with Crippen LogP contribution in [0.4, 0.5) is 14.5 Å². The topological polar surface area (TPSA) is 51.9 Å². The van der Waals surface area contributed by atoms with Gasteiger partial charge in [0, 0.05) is 54.5 Å². The number of hydrogen-bond donors (Lipinski definition) is 1. The zero-order chi connectivity index (χ0) is 20.7. The van der Waals surface area contributed by atoms with Gasteiger partial charge < -0.3 is 14.5 Å². The lowest BCUT2D eigenvalue weighted by Gasteiger charge is -2.14. The van der Waals surface area contributed by atoms with Gasteiger partial charge in [-0.15, -0.1) is 0 Å². The van der Waals surface area contributed by atoms with Crippen molar-refractivity contribution in [3.63, 3.8) is 0 Å². The Labute approximate surface area is 176 Å². The van der Waals surface area contributed by atoms with Crippen LogP contribution < -0.4 is 5.32 Å². The lowest BCUT2D eigenvalue weighted by atomic mass is 9.95. The summed E-state index contributed by atoms with van der Waals surface area (Å²) in [6.45, 7) is 0.335. The Bertz CT molecular complexity index is 1160. The number of fused-ring (bicyclic) bond motifs is 1. The fourth-order valence-corrected chi connectivity index (χ4v) is 4.28. The number of hydrogen-bond acceptors (Lipinski definition) is 3. The standard InChI is InChI=1S/C20H17ClF2N4OS/c1-26-15(9-17(28)25-12-4-6-24-7-5-12)16-8-11(10-27(16)20(26)29)18-14(22)3-2-13(21)19(18)23/h2-7,11H,8-10H2,1H3,(H,24,25,28). The highest BCUT2D eigenvalue weighted by Crippen LogP contribution is 2.37. The number of imidazole rings is 1. The summed E-state index contributed by atoms with van der Waals surface area (Å²) in [4.78, 5) is 16.4. The zero-order valence-electron chi connectivity index (χ0n) is 15.5. The molecule has 0 spiro atoms. The predicted octanol–water partition coefficient (Wildman–Crippen LogP) is 4.40. The molecule has 3 heterocycles. The molecule has 2 aromatic heterocycles. The first kappa shape index (κ1) is 19.7. The first-order valence-electron chi connectivity index (χ1n) is 8.97. The fraction of sp³-hybridized carbons (Fsp3) is 0.250. The fourth-order valence-electron chi connectivity index (χ4n) is 3.82. The largest absolute Gasteiger partial charge is 0.326 e. The SMILES string of the molecule is Cn1c(CC(=O)Nc2ccncc2)c2n(c1=S)CC(c1c(F)ccc(Cl)c1F)C2. The summed E-state index contributed by atoms with van der Waals surface area (Å²) >= 11 is 11.3. The summed E-state index contributed by atoms with van der Waals surface area (Å²) in [7, 11) is 1.79. The lowest BCUT2D eigenvalue weighted by molar-refractivity contribution is -0.115. The maximum Gasteiger partial charge on any atom is 0.230 e. The van der Waals surface area contributed by atoms with E-state index < -0.39 is 17.6 Å². The van der Waals surface area contributed by atoms with E-state index in [1.54, 1.807) is 36.1 Å². The van der Waals surface area contributed by atoms with Gasteiger partial charge in [-0.3, -0.25) is 9.78 Å². The third-order valence-corrected chi connectivity index (χ3v) is 5.99. The van der Waals surface area contributed by atoms with E-state index in [9.17, 15) is 13.6 Å². The van der Waals surface area contributed by atoms with Crippen molar-refractivity contribution in [1.29, 1.82) is 0 Å². The maximum atomic E-state index is 14.5. The number of amides is 1. The van der Waals surface area contributed by atoms with Crippen LogP contribution in [0.1, 0.15) is 22.9 Å². The number of halogens is 3. The van der Waals surface area contributed by atoms with Crippen LogP contribution in [0.2, 0.25) is 5.02 Å². The van der Waals surface area contributed by atoms with Crippen molar-refractivity contribution in [2.45, 2.75) is 25.3 Å². The molecule has 0 radical (unpaired) electrons. The number of carbonyl (C=O) groups excluding carboxylic acids is 1. The molecule has 29 heavy (non-hydrogen) atoms. The number of carbonyl (C=O) groups is 1. The van der Waals surface area contributed by atoms with Gasteiger partial charge in [0.2, 0.25) is 5.91 Å². The van der Waals surface area contributed by atoms with Crippen molar-refractivity contribution in [3.8, 4) is 0 Å². The molecule has 0 saturated carbocycles. The Kier molecular flexibility index (Phi) is 5.23. The van der Waals surface area contributed by atoms with Crippen molar-refractivity contribution in [3.05, 3.63) is 75.0 Å². The molecule has 5 nitrogen and oxygen atoms in total. The summed E-state index contributed by atoms with van der Waals surface area (Å²) in [5, 5.41) is 2.70. The van der Waals surface area contributed by atoms with E-state index in [4.69, 9.17) is 23.8 Å². The van der Waals surface area contributed by atoms with Crippen LogP contribution >= 0.6 is 23.8 Å². The van der Waals surface area contributed by atoms with Crippen LogP contribution in [0.25, 0.3) is 0 Å². The smallest absolute Gasteiger partial charge is 0.230 e. The summed E-state index contributed by atoms with van der Waals surface area (Å²) in [5.41, 5.74) is 2.14. The Balaban J connectivity index is 1.62. The molecule has 9 heteroatoms. The van der Waals surface area contributed by atoms with Gasteiger partial charge >= 0.3 is 0 Å². The number of nitrogens with zero attached hydrogens (tertiary/aromatic N) is 3. The van der Waals surface area contributed by atoms with Gasteiger partial charge in [0.1, 0.15) is 11.6 Å². The third kappa shape index (κ3) is 3.58. The van der Waals surface area contributed by atoms with E-state index in [1.807, 2.05) is 4.57 Å². The van der Waals surface area contributed by atoms with E-state index in [1.165, 1.54) is 12.1 Å². The predicted molar refractivity (Wildman–Crippen MR) is 109 cm³/mol. The number of anilines is 1. The molecule has 150 valence electrons. The molecule has 0 aliphatic carbocycles. The second-order valence-electron chi connectivity index (χ2n) is 6.96. The molecule has 1 amide bonds. The van der Waals surface area contributed by atoms with E-state index in [2.05, 4.69) is 10.3 Å². The van der Waals surface area contributed by atoms with E-state index in [0.29, 0.717) is 23.4 Å². The second-order valence-corrected chi connectivity index (χ2v) is 7.74. The molecule has 1 atom stereocenters. The second kappa shape index (κ2) is 7.68. The number of pyridine rings is 1. The monoisotopic (exact) mass is 434 g/mol. The summed E-state index contributed by atoms with van der Waals surface area (Å²) in [5.74, 6) is -2.02. The van der Waals surface area contributed by atoms with Crippen LogP contribution in [0.3, 0.4) is 0 Å². The van der Waals surface area contributed by atoms with Gasteiger partial charge in [-0.05, 0) is 42.9 Å². The number of benzene rings is 1. The van der Waals surface area contributed by atoms with E-state index >= 15 is 0 Å². The van der Waals surface area contributed by atoms with Gasteiger partial charge in [0.25, 0.3) is 0 Å². The van der Waals surface area contributed by atoms with Crippen molar-refractivity contribution >= 4 is 35.4 Å². The molecule has 0 bridgehead atoms. The molecular weight excluding hydrogens is 418 g/mol. The zero-order valence-corrected chi connectivity index (χ0v) is 17.0. The highest BCUT2D eigenvalue weighted by atomic mass is 35.5. The highest BCUT2D eigenvalue weighted by molar-refractivity contribution is 7.71. The minimum atomic E-state index is -0.741. The molecule has 1 aliphatic heterocycles. The number of rotatable bonds is 4. The van der Waals surface area contributed by atoms with E-state index in [-0.39, 0.29) is 22.9 Å². The third-order valence-electron chi connectivity index (χ3n) is 5.20. The van der Waals surface area contributed by atoms with Gasteiger partial charge in [0.15, 0.2) is 4.77 Å². The van der Waals surface area contributed by atoms with Gasteiger partial charge in [-0.2, -0.15) is 0 Å². The molecule has 1 aliphatic rings. The summed E-state index contributed by atoms with van der Waals surface area (Å²) < 4.78 is 33.0. The van der Waals surface area contributed by atoms with Crippen molar-refractivity contribution in [2.75, 3.05) is 5.32 Å². The molecular formula is C20H17ClF2N4OS. The maximum absolute atomic E-state index is 14.5. The van der Waals surface area contributed by atoms with Gasteiger partial charge in [0.05, 0.1) is 11.4 Å². The molecule has 4 rings (SSSR count).